The molecule has 0 radical (unpaired) electrons. The van der Waals surface area contributed by atoms with E-state index in [4.69, 9.17) is 23.7 Å². The highest BCUT2D eigenvalue weighted by Crippen LogP contribution is 2.19. The maximum Gasteiger partial charge on any atom is 0.407 e. The minimum atomic E-state index is -0.480. The summed E-state index contributed by atoms with van der Waals surface area (Å²) >= 11 is 0. The summed E-state index contributed by atoms with van der Waals surface area (Å²) in [5.74, 6) is 1.17. The summed E-state index contributed by atoms with van der Waals surface area (Å²) < 4.78 is 40.0. The zero-order chi connectivity index (χ0) is 31.9. The van der Waals surface area contributed by atoms with Crippen LogP contribution >= 0.6 is 0 Å². The molecule has 1 amide bonds. The Bertz CT molecular complexity index is 938. The Morgan fingerprint density at radius 1 is 0.732 bits per heavy atom. The molecule has 7 nitrogen and oxygen atoms in total. The number of amides is 1. The minimum absolute atomic E-state index is 0.166. The van der Waals surface area contributed by atoms with E-state index in [1.807, 2.05) is 107 Å². The van der Waals surface area contributed by atoms with Crippen molar-refractivity contribution in [1.29, 1.82) is 0 Å². The van der Waals surface area contributed by atoms with Gasteiger partial charge in [0.1, 0.15) is 36.1 Å². The topological polar surface area (TPSA) is 75.3 Å². The number of para-hydroxylation sites is 1. The number of carbonyl (C=O) groups is 1. The first-order valence-corrected chi connectivity index (χ1v) is 14.5. The van der Waals surface area contributed by atoms with Gasteiger partial charge in [0, 0.05) is 12.6 Å². The second kappa shape index (κ2) is 22.8. The maximum absolute atomic E-state index is 12.9. The van der Waals surface area contributed by atoms with Crippen LogP contribution < -0.4 is 14.8 Å². The van der Waals surface area contributed by atoms with Crippen molar-refractivity contribution in [2.75, 3.05) is 39.6 Å². The van der Waals surface area contributed by atoms with Crippen LogP contribution in [0, 0.1) is 19.7 Å². The zero-order valence-electron chi connectivity index (χ0n) is 27.6. The maximum atomic E-state index is 12.9. The average molecular weight is 582 g/mol. The molecule has 8 heteroatoms. The molecule has 0 aliphatic carbocycles. The normalized spacial score (nSPS) is 10.5. The number of rotatable bonds is 11. The summed E-state index contributed by atoms with van der Waals surface area (Å²) in [6.45, 7) is 26.1. The predicted octanol–water partition coefficient (Wildman–Crippen LogP) is 8.30. The van der Waals surface area contributed by atoms with Crippen molar-refractivity contribution in [1.82, 2.24) is 5.32 Å². The van der Waals surface area contributed by atoms with E-state index in [0.717, 1.165) is 16.9 Å². The van der Waals surface area contributed by atoms with E-state index in [1.165, 1.54) is 12.1 Å². The van der Waals surface area contributed by atoms with Crippen molar-refractivity contribution in [2.24, 2.45) is 0 Å². The highest BCUT2D eigenvalue weighted by Gasteiger charge is 2.15. The van der Waals surface area contributed by atoms with Gasteiger partial charge in [0.15, 0.2) is 0 Å². The lowest BCUT2D eigenvalue weighted by molar-refractivity contribution is -0.0164. The van der Waals surface area contributed by atoms with Crippen molar-refractivity contribution in [3.63, 3.8) is 0 Å². The van der Waals surface area contributed by atoms with Crippen LogP contribution in [-0.4, -0.2) is 56.9 Å². The van der Waals surface area contributed by atoms with Gasteiger partial charge in [-0.15, -0.1) is 0 Å². The average Bonchev–Trinajstić information content (AvgIpc) is 2.90. The van der Waals surface area contributed by atoms with E-state index in [-0.39, 0.29) is 11.4 Å². The van der Waals surface area contributed by atoms with Gasteiger partial charge in [0.25, 0.3) is 0 Å². The fourth-order valence-electron chi connectivity index (χ4n) is 2.80. The third-order valence-corrected chi connectivity index (χ3v) is 4.52. The van der Waals surface area contributed by atoms with Crippen LogP contribution in [-0.2, 0) is 14.2 Å². The molecule has 0 heterocycles. The van der Waals surface area contributed by atoms with E-state index >= 15 is 0 Å². The third-order valence-electron chi connectivity index (χ3n) is 4.52. The molecule has 0 saturated carbocycles. The molecule has 236 valence electrons. The fraction of sp³-hybridized carbons (Fsp3) is 0.606. The molecule has 0 bridgehead atoms. The molecule has 2 rings (SSSR count). The highest BCUT2D eigenvalue weighted by atomic mass is 19.1. The van der Waals surface area contributed by atoms with Crippen molar-refractivity contribution >= 4 is 6.09 Å². The van der Waals surface area contributed by atoms with Crippen molar-refractivity contribution in [2.45, 2.75) is 94.3 Å². The van der Waals surface area contributed by atoms with Crippen molar-refractivity contribution < 1.29 is 32.9 Å². The Morgan fingerprint density at radius 2 is 1.29 bits per heavy atom. The monoisotopic (exact) mass is 581 g/mol. The minimum Gasteiger partial charge on any atom is -0.491 e. The lowest BCUT2D eigenvalue weighted by atomic mass is 10.2. The van der Waals surface area contributed by atoms with Gasteiger partial charge in [-0.1, -0.05) is 52.0 Å². The first kappa shape index (κ1) is 40.3. The second-order valence-corrected chi connectivity index (χ2v) is 10.4. The summed E-state index contributed by atoms with van der Waals surface area (Å²) in [6.07, 6.45) is -0.428. The standard InChI is InChI=1S/C16H25NO4.C13H19FO2.2C2H6/c1-13-7-5-6-8-14(13)20-12-11-19-10-9-17-15(18)21-16(2,3)4;1-10-5-6-11(14)9-12(10)15-7-8-16-13(2,3)4;2*1-2/h5-8H,9-12H2,1-4H3,(H,17,18);5-6,9H,7-8H2,1-4H3;2*1-2H3. The van der Waals surface area contributed by atoms with Gasteiger partial charge >= 0.3 is 6.09 Å². The van der Waals surface area contributed by atoms with E-state index in [0.29, 0.717) is 45.3 Å². The summed E-state index contributed by atoms with van der Waals surface area (Å²) in [4.78, 5) is 11.4. The molecule has 0 aliphatic rings. The van der Waals surface area contributed by atoms with Crippen LogP contribution in [0.25, 0.3) is 0 Å². The molecule has 0 aliphatic heterocycles. The molecule has 2 aromatic rings. The molecule has 0 fully saturated rings. The lowest BCUT2D eigenvalue weighted by Gasteiger charge is -2.19. The summed E-state index contributed by atoms with van der Waals surface area (Å²) in [6, 6.07) is 12.4. The SMILES string of the molecule is CC.CC.Cc1ccc(F)cc1OCCOC(C)(C)C.Cc1ccccc1OCCOCCNC(=O)OC(C)(C)C. The number of alkyl carbamates (subject to hydrolysis) is 1. The van der Waals surface area contributed by atoms with Crippen molar-refractivity contribution in [3.8, 4) is 11.5 Å². The van der Waals surface area contributed by atoms with Gasteiger partial charge in [-0.3, -0.25) is 0 Å². The Morgan fingerprint density at radius 3 is 1.88 bits per heavy atom. The largest absolute Gasteiger partial charge is 0.491 e. The summed E-state index contributed by atoms with van der Waals surface area (Å²) in [5.41, 5.74) is 1.38. The van der Waals surface area contributed by atoms with Gasteiger partial charge in [-0.05, 0) is 78.6 Å². The van der Waals surface area contributed by atoms with Crippen molar-refractivity contribution in [3.05, 3.63) is 59.4 Å². The number of carbonyl (C=O) groups excluding carboxylic acids is 1. The molecule has 0 spiro atoms. The summed E-state index contributed by atoms with van der Waals surface area (Å²) in [7, 11) is 0. The Labute approximate surface area is 249 Å². The summed E-state index contributed by atoms with van der Waals surface area (Å²) in [5, 5.41) is 2.63. The zero-order valence-corrected chi connectivity index (χ0v) is 27.6. The van der Waals surface area contributed by atoms with Crippen LogP contribution in [0.2, 0.25) is 0 Å². The number of aryl methyl sites for hydroxylation is 2. The first-order chi connectivity index (χ1) is 19.3. The number of nitrogens with one attached hydrogen (secondary N) is 1. The third kappa shape index (κ3) is 23.6. The number of hydrogen-bond acceptors (Lipinski definition) is 6. The van der Waals surface area contributed by atoms with Crippen LogP contribution in [0.1, 0.15) is 80.4 Å². The molecule has 0 atom stereocenters. The quantitative estimate of drug-likeness (QED) is 0.269. The first-order valence-electron chi connectivity index (χ1n) is 14.5. The van der Waals surface area contributed by atoms with E-state index in [2.05, 4.69) is 5.32 Å². The molecule has 0 saturated heterocycles. The van der Waals surface area contributed by atoms with Gasteiger partial charge in [0.2, 0.25) is 0 Å². The van der Waals surface area contributed by atoms with E-state index in [1.54, 1.807) is 6.07 Å². The van der Waals surface area contributed by atoms with Gasteiger partial charge in [0.05, 0.1) is 25.4 Å². The smallest absolute Gasteiger partial charge is 0.407 e. The van der Waals surface area contributed by atoms with Crippen LogP contribution in [0.5, 0.6) is 11.5 Å². The van der Waals surface area contributed by atoms with E-state index < -0.39 is 11.7 Å². The number of ether oxygens (including phenoxy) is 5. The number of halogens is 1. The molecule has 2 aromatic carbocycles. The Hall–Kier alpha value is -2.84. The second-order valence-electron chi connectivity index (χ2n) is 10.4. The van der Waals surface area contributed by atoms with Crippen LogP contribution in [0.4, 0.5) is 9.18 Å². The highest BCUT2D eigenvalue weighted by molar-refractivity contribution is 5.67. The number of benzene rings is 2. The molecular weight excluding hydrogens is 525 g/mol. The van der Waals surface area contributed by atoms with Gasteiger partial charge in [-0.2, -0.15) is 0 Å². The molecule has 41 heavy (non-hydrogen) atoms. The molecular formula is C33H56FNO6. The lowest BCUT2D eigenvalue weighted by Crippen LogP contribution is -2.34. The predicted molar refractivity (Wildman–Crippen MR) is 167 cm³/mol. The fourth-order valence-corrected chi connectivity index (χ4v) is 2.80. The molecule has 0 unspecified atom stereocenters. The van der Waals surface area contributed by atoms with Crippen LogP contribution in [0.15, 0.2) is 42.5 Å². The molecule has 0 aromatic heterocycles. The van der Waals surface area contributed by atoms with E-state index in [9.17, 15) is 9.18 Å². The van der Waals surface area contributed by atoms with Crippen LogP contribution in [0.3, 0.4) is 0 Å². The number of hydrogen-bond donors (Lipinski definition) is 1. The Balaban J connectivity index is 0. The molecule has 1 N–H and O–H groups in total. The van der Waals surface area contributed by atoms with Gasteiger partial charge in [-0.25, -0.2) is 9.18 Å². The Kier molecular flexibility index (Phi) is 22.4. The van der Waals surface area contributed by atoms with Gasteiger partial charge < -0.3 is 29.0 Å².